The summed E-state index contributed by atoms with van der Waals surface area (Å²) >= 11 is 0. The number of esters is 1. The summed E-state index contributed by atoms with van der Waals surface area (Å²) in [5, 5.41) is 0. The van der Waals surface area contributed by atoms with Crippen molar-refractivity contribution in [2.24, 2.45) is 0 Å². The molecule has 1 fully saturated rings. The fourth-order valence-corrected chi connectivity index (χ4v) is 2.49. The third-order valence-corrected chi connectivity index (χ3v) is 3.68. The van der Waals surface area contributed by atoms with Crippen LogP contribution in [0.15, 0.2) is 18.2 Å². The lowest BCUT2D eigenvalue weighted by Crippen LogP contribution is -2.22. The van der Waals surface area contributed by atoms with Gasteiger partial charge in [-0.1, -0.05) is 12.1 Å². The Kier molecular flexibility index (Phi) is 4.56. The van der Waals surface area contributed by atoms with Crippen LogP contribution in [0.1, 0.15) is 27.9 Å². The summed E-state index contributed by atoms with van der Waals surface area (Å²) in [6.45, 7) is 4.77. The zero-order valence-electron chi connectivity index (χ0n) is 11.8. The molecule has 19 heavy (non-hydrogen) atoms. The average Bonchev–Trinajstić information content (AvgIpc) is 2.87. The first-order valence-electron chi connectivity index (χ1n) is 6.57. The van der Waals surface area contributed by atoms with Crippen LogP contribution in [0.3, 0.4) is 0 Å². The number of ether oxygens (including phenoxy) is 2. The molecule has 0 radical (unpaired) electrons. The van der Waals surface area contributed by atoms with Crippen LogP contribution in [0.2, 0.25) is 0 Å². The van der Waals surface area contributed by atoms with E-state index >= 15 is 0 Å². The lowest BCUT2D eigenvalue weighted by Gasteiger charge is -2.16. The fraction of sp³-hybridized carbons (Fsp3) is 0.533. The maximum atomic E-state index is 11.7. The van der Waals surface area contributed by atoms with Gasteiger partial charge in [0.15, 0.2) is 0 Å². The number of methoxy groups -OCH3 is 2. The molecule has 0 N–H and O–H groups in total. The molecule has 1 aromatic rings. The van der Waals surface area contributed by atoms with E-state index in [4.69, 9.17) is 9.47 Å². The number of hydrogen-bond acceptors (Lipinski definition) is 4. The number of likely N-dealkylation sites (tertiary alicyclic amines) is 1. The minimum Gasteiger partial charge on any atom is -0.465 e. The second kappa shape index (κ2) is 6.17. The molecule has 1 atom stereocenters. The Hall–Kier alpha value is -1.39. The highest BCUT2D eigenvalue weighted by Crippen LogP contribution is 2.18. The molecule has 4 heteroatoms. The van der Waals surface area contributed by atoms with Gasteiger partial charge in [-0.05, 0) is 30.5 Å². The van der Waals surface area contributed by atoms with Crippen LogP contribution in [-0.4, -0.2) is 44.3 Å². The molecule has 0 spiro atoms. The van der Waals surface area contributed by atoms with Crippen LogP contribution < -0.4 is 0 Å². The van der Waals surface area contributed by atoms with Crippen molar-refractivity contribution in [2.45, 2.75) is 26.0 Å². The van der Waals surface area contributed by atoms with E-state index in [-0.39, 0.29) is 5.97 Å². The van der Waals surface area contributed by atoms with Crippen LogP contribution in [-0.2, 0) is 16.0 Å². The van der Waals surface area contributed by atoms with Crippen molar-refractivity contribution in [3.05, 3.63) is 34.9 Å². The molecule has 1 heterocycles. The van der Waals surface area contributed by atoms with Crippen LogP contribution >= 0.6 is 0 Å². The van der Waals surface area contributed by atoms with Crippen LogP contribution in [0.5, 0.6) is 0 Å². The van der Waals surface area contributed by atoms with Gasteiger partial charge in [0.1, 0.15) is 0 Å². The summed E-state index contributed by atoms with van der Waals surface area (Å²) in [6, 6.07) is 5.98. The highest BCUT2D eigenvalue weighted by Gasteiger charge is 2.22. The number of carbonyl (C=O) groups excluding carboxylic acids is 1. The summed E-state index contributed by atoms with van der Waals surface area (Å²) in [5.74, 6) is -0.268. The third-order valence-electron chi connectivity index (χ3n) is 3.68. The molecule has 0 amide bonds. The standard InChI is InChI=1S/C15H21NO3/c1-11-4-5-12(8-14(11)15(17)19-3)9-16-7-6-13(10-16)18-2/h4-5,8,13H,6-7,9-10H2,1-3H3/t13-/m0/s1. The van der Waals surface area contributed by atoms with Gasteiger partial charge in [0.25, 0.3) is 0 Å². The van der Waals surface area contributed by atoms with E-state index in [1.807, 2.05) is 19.1 Å². The largest absolute Gasteiger partial charge is 0.465 e. The topological polar surface area (TPSA) is 38.8 Å². The van der Waals surface area contributed by atoms with Crippen molar-refractivity contribution in [1.29, 1.82) is 0 Å². The number of nitrogens with zero attached hydrogens (tertiary/aromatic N) is 1. The van der Waals surface area contributed by atoms with Gasteiger partial charge in [-0.2, -0.15) is 0 Å². The zero-order valence-corrected chi connectivity index (χ0v) is 11.8. The van der Waals surface area contributed by atoms with Gasteiger partial charge in [0.2, 0.25) is 0 Å². The molecule has 1 aliphatic rings. The van der Waals surface area contributed by atoms with Crippen molar-refractivity contribution in [2.75, 3.05) is 27.3 Å². The van der Waals surface area contributed by atoms with Gasteiger partial charge in [0, 0.05) is 26.7 Å². The summed E-state index contributed by atoms with van der Waals surface area (Å²) in [7, 11) is 3.17. The van der Waals surface area contributed by atoms with E-state index < -0.39 is 0 Å². The first-order valence-corrected chi connectivity index (χ1v) is 6.57. The SMILES string of the molecule is COC(=O)c1cc(CN2CC[C@H](OC)C2)ccc1C. The molecule has 0 saturated carbocycles. The Labute approximate surface area is 114 Å². The van der Waals surface area contributed by atoms with Crippen LogP contribution in [0, 0.1) is 6.92 Å². The smallest absolute Gasteiger partial charge is 0.338 e. The van der Waals surface area contributed by atoms with Crippen molar-refractivity contribution >= 4 is 5.97 Å². The Morgan fingerprint density at radius 1 is 1.42 bits per heavy atom. The number of carbonyl (C=O) groups is 1. The van der Waals surface area contributed by atoms with E-state index in [0.717, 1.165) is 37.2 Å². The lowest BCUT2D eigenvalue weighted by molar-refractivity contribution is 0.0599. The molecule has 4 nitrogen and oxygen atoms in total. The number of aryl methyl sites for hydroxylation is 1. The zero-order chi connectivity index (χ0) is 13.8. The summed E-state index contributed by atoms with van der Waals surface area (Å²) in [6.07, 6.45) is 1.41. The summed E-state index contributed by atoms with van der Waals surface area (Å²) in [5.41, 5.74) is 2.75. The predicted molar refractivity (Wildman–Crippen MR) is 73.2 cm³/mol. The Morgan fingerprint density at radius 3 is 2.84 bits per heavy atom. The maximum absolute atomic E-state index is 11.7. The van der Waals surface area contributed by atoms with Crippen molar-refractivity contribution in [3.63, 3.8) is 0 Å². The Morgan fingerprint density at radius 2 is 2.21 bits per heavy atom. The normalized spacial score (nSPS) is 19.6. The molecule has 0 aromatic heterocycles. The molecule has 1 saturated heterocycles. The monoisotopic (exact) mass is 263 g/mol. The highest BCUT2D eigenvalue weighted by molar-refractivity contribution is 5.91. The molecular weight excluding hydrogens is 242 g/mol. The number of benzene rings is 1. The second-order valence-corrected chi connectivity index (χ2v) is 5.02. The molecule has 1 aromatic carbocycles. The highest BCUT2D eigenvalue weighted by atomic mass is 16.5. The quantitative estimate of drug-likeness (QED) is 0.779. The molecular formula is C15H21NO3. The van der Waals surface area contributed by atoms with Crippen molar-refractivity contribution < 1.29 is 14.3 Å². The van der Waals surface area contributed by atoms with E-state index in [9.17, 15) is 4.79 Å². The third kappa shape index (κ3) is 3.33. The van der Waals surface area contributed by atoms with Gasteiger partial charge in [0.05, 0.1) is 18.8 Å². The van der Waals surface area contributed by atoms with Crippen molar-refractivity contribution in [1.82, 2.24) is 4.90 Å². The van der Waals surface area contributed by atoms with Gasteiger partial charge in [-0.3, -0.25) is 4.90 Å². The van der Waals surface area contributed by atoms with Gasteiger partial charge >= 0.3 is 5.97 Å². The van der Waals surface area contributed by atoms with Gasteiger partial charge in [-0.25, -0.2) is 4.79 Å². The second-order valence-electron chi connectivity index (χ2n) is 5.02. The van der Waals surface area contributed by atoms with Gasteiger partial charge < -0.3 is 9.47 Å². The van der Waals surface area contributed by atoms with Gasteiger partial charge in [-0.15, -0.1) is 0 Å². The van der Waals surface area contributed by atoms with Crippen LogP contribution in [0.4, 0.5) is 0 Å². The summed E-state index contributed by atoms with van der Waals surface area (Å²) < 4.78 is 10.2. The fourth-order valence-electron chi connectivity index (χ4n) is 2.49. The average molecular weight is 263 g/mol. The number of rotatable bonds is 4. The minimum atomic E-state index is -0.268. The molecule has 1 aliphatic heterocycles. The first-order chi connectivity index (χ1) is 9.13. The maximum Gasteiger partial charge on any atom is 0.338 e. The van der Waals surface area contributed by atoms with E-state index in [1.54, 1.807) is 7.11 Å². The predicted octanol–water partition coefficient (Wildman–Crippen LogP) is 2.00. The van der Waals surface area contributed by atoms with Crippen LogP contribution in [0.25, 0.3) is 0 Å². The van der Waals surface area contributed by atoms with Crippen molar-refractivity contribution in [3.8, 4) is 0 Å². The molecule has 0 aliphatic carbocycles. The number of hydrogen-bond donors (Lipinski definition) is 0. The minimum absolute atomic E-state index is 0.268. The first kappa shape index (κ1) is 14.0. The van der Waals surface area contributed by atoms with E-state index in [0.29, 0.717) is 11.7 Å². The van der Waals surface area contributed by atoms with E-state index in [1.165, 1.54) is 7.11 Å². The molecule has 104 valence electrons. The molecule has 0 unspecified atom stereocenters. The molecule has 0 bridgehead atoms. The summed E-state index contributed by atoms with van der Waals surface area (Å²) in [4.78, 5) is 14.0. The Bertz CT molecular complexity index is 459. The lowest BCUT2D eigenvalue weighted by atomic mass is 10.0. The van der Waals surface area contributed by atoms with E-state index in [2.05, 4.69) is 11.0 Å². The molecule has 2 rings (SSSR count). The Balaban J connectivity index is 2.07.